The smallest absolute Gasteiger partial charge is 0.259 e. The molecule has 5 nitrogen and oxygen atoms in total. The Kier molecular flexibility index (Phi) is 3.00. The number of benzene rings is 1. The van der Waals surface area contributed by atoms with Crippen LogP contribution in [-0.2, 0) is 0 Å². The van der Waals surface area contributed by atoms with E-state index in [1.807, 2.05) is 24.3 Å². The number of nitrogens with zero attached hydrogens (tertiary/aromatic N) is 3. The van der Waals surface area contributed by atoms with Gasteiger partial charge in [-0.1, -0.05) is 15.9 Å². The number of anilines is 1. The van der Waals surface area contributed by atoms with E-state index in [0.717, 1.165) is 10.2 Å². The standard InChI is InChI=1S/C13H9BrN4O/c14-9-1-3-10(4-2-9)17-13(19)11-7-16-18-6-5-15-8-12(11)18/h1-8H,(H,17,19). The number of aromatic nitrogens is 3. The molecule has 0 saturated heterocycles. The fourth-order valence-corrected chi connectivity index (χ4v) is 2.01. The van der Waals surface area contributed by atoms with Gasteiger partial charge in [-0.2, -0.15) is 5.10 Å². The molecular formula is C13H9BrN4O. The summed E-state index contributed by atoms with van der Waals surface area (Å²) >= 11 is 3.35. The van der Waals surface area contributed by atoms with E-state index in [-0.39, 0.29) is 5.91 Å². The molecule has 0 aliphatic heterocycles. The largest absolute Gasteiger partial charge is 0.322 e. The van der Waals surface area contributed by atoms with E-state index in [4.69, 9.17) is 0 Å². The summed E-state index contributed by atoms with van der Waals surface area (Å²) in [5.74, 6) is -0.203. The van der Waals surface area contributed by atoms with Gasteiger partial charge in [0.15, 0.2) is 0 Å². The SMILES string of the molecule is O=C(Nc1ccc(Br)cc1)c1cnn2ccncc12. The van der Waals surface area contributed by atoms with Crippen LogP contribution in [0, 0.1) is 0 Å². The third-order valence-electron chi connectivity index (χ3n) is 2.67. The van der Waals surface area contributed by atoms with Gasteiger partial charge in [-0.25, -0.2) is 4.52 Å². The number of rotatable bonds is 2. The minimum absolute atomic E-state index is 0.203. The maximum atomic E-state index is 12.2. The lowest BCUT2D eigenvalue weighted by molar-refractivity contribution is 0.102. The third kappa shape index (κ3) is 2.34. The van der Waals surface area contributed by atoms with Crippen molar-refractivity contribution in [1.29, 1.82) is 0 Å². The zero-order valence-corrected chi connectivity index (χ0v) is 11.3. The molecule has 0 saturated carbocycles. The number of carbonyl (C=O) groups excluding carboxylic acids is 1. The number of amides is 1. The second kappa shape index (κ2) is 4.81. The van der Waals surface area contributed by atoms with Crippen LogP contribution < -0.4 is 5.32 Å². The number of hydrogen-bond acceptors (Lipinski definition) is 3. The predicted molar refractivity (Wildman–Crippen MR) is 75.1 cm³/mol. The Balaban J connectivity index is 1.90. The molecule has 0 radical (unpaired) electrons. The summed E-state index contributed by atoms with van der Waals surface area (Å²) in [5, 5.41) is 6.93. The van der Waals surface area contributed by atoms with Crippen LogP contribution in [0.15, 0.2) is 53.5 Å². The summed E-state index contributed by atoms with van der Waals surface area (Å²) in [4.78, 5) is 16.2. The van der Waals surface area contributed by atoms with E-state index >= 15 is 0 Å². The summed E-state index contributed by atoms with van der Waals surface area (Å²) < 4.78 is 2.58. The third-order valence-corrected chi connectivity index (χ3v) is 3.20. The molecule has 19 heavy (non-hydrogen) atoms. The van der Waals surface area contributed by atoms with Crippen molar-refractivity contribution in [3.8, 4) is 0 Å². The highest BCUT2D eigenvalue weighted by Gasteiger charge is 2.12. The number of fused-ring (bicyclic) bond motifs is 1. The van der Waals surface area contributed by atoms with Gasteiger partial charge in [-0.05, 0) is 24.3 Å². The van der Waals surface area contributed by atoms with Crippen molar-refractivity contribution in [3.05, 3.63) is 59.1 Å². The normalized spacial score (nSPS) is 10.6. The van der Waals surface area contributed by atoms with Crippen LogP contribution in [-0.4, -0.2) is 20.5 Å². The van der Waals surface area contributed by atoms with Crippen molar-refractivity contribution in [1.82, 2.24) is 14.6 Å². The summed E-state index contributed by atoms with van der Waals surface area (Å²) in [6.45, 7) is 0. The first-order chi connectivity index (χ1) is 9.24. The molecule has 94 valence electrons. The highest BCUT2D eigenvalue weighted by atomic mass is 79.9. The molecule has 0 bridgehead atoms. The van der Waals surface area contributed by atoms with Crippen LogP contribution in [0.4, 0.5) is 5.69 Å². The van der Waals surface area contributed by atoms with Crippen molar-refractivity contribution < 1.29 is 4.79 Å². The Morgan fingerprint density at radius 3 is 2.79 bits per heavy atom. The van der Waals surface area contributed by atoms with Gasteiger partial charge >= 0.3 is 0 Å². The lowest BCUT2D eigenvalue weighted by atomic mass is 10.2. The van der Waals surface area contributed by atoms with E-state index in [2.05, 4.69) is 31.3 Å². The minimum atomic E-state index is -0.203. The predicted octanol–water partition coefficient (Wildman–Crippen LogP) is 2.74. The van der Waals surface area contributed by atoms with Gasteiger partial charge in [-0.3, -0.25) is 9.78 Å². The van der Waals surface area contributed by atoms with Gasteiger partial charge in [0.05, 0.1) is 23.5 Å². The quantitative estimate of drug-likeness (QED) is 0.790. The minimum Gasteiger partial charge on any atom is -0.322 e. The molecule has 3 aromatic rings. The zero-order chi connectivity index (χ0) is 13.2. The van der Waals surface area contributed by atoms with Crippen molar-refractivity contribution in [2.75, 3.05) is 5.32 Å². The van der Waals surface area contributed by atoms with Crippen LogP contribution >= 0.6 is 15.9 Å². The summed E-state index contributed by atoms with van der Waals surface area (Å²) in [6, 6.07) is 7.39. The first-order valence-electron chi connectivity index (χ1n) is 5.58. The van der Waals surface area contributed by atoms with Gasteiger partial charge in [0.1, 0.15) is 0 Å². The van der Waals surface area contributed by atoms with Gasteiger partial charge in [0, 0.05) is 22.6 Å². The van der Waals surface area contributed by atoms with E-state index in [1.165, 1.54) is 6.20 Å². The second-order valence-corrected chi connectivity index (χ2v) is 4.84. The van der Waals surface area contributed by atoms with Gasteiger partial charge < -0.3 is 5.32 Å². The number of carbonyl (C=O) groups is 1. The van der Waals surface area contributed by atoms with Crippen molar-refractivity contribution in [2.24, 2.45) is 0 Å². The number of nitrogens with one attached hydrogen (secondary N) is 1. The molecule has 6 heteroatoms. The monoisotopic (exact) mass is 316 g/mol. The Hall–Kier alpha value is -2.21. The average Bonchev–Trinajstić information content (AvgIpc) is 2.85. The molecule has 1 N–H and O–H groups in total. The zero-order valence-electron chi connectivity index (χ0n) is 9.75. The number of hydrogen-bond donors (Lipinski definition) is 1. The fourth-order valence-electron chi connectivity index (χ4n) is 1.74. The highest BCUT2D eigenvalue weighted by molar-refractivity contribution is 9.10. The molecule has 3 rings (SSSR count). The van der Waals surface area contributed by atoms with Crippen LogP contribution in [0.25, 0.3) is 5.52 Å². The topological polar surface area (TPSA) is 59.3 Å². The van der Waals surface area contributed by atoms with Gasteiger partial charge in [0.25, 0.3) is 5.91 Å². The van der Waals surface area contributed by atoms with E-state index in [0.29, 0.717) is 11.1 Å². The van der Waals surface area contributed by atoms with Crippen molar-refractivity contribution in [3.63, 3.8) is 0 Å². The second-order valence-electron chi connectivity index (χ2n) is 3.93. The number of halogens is 1. The van der Waals surface area contributed by atoms with Crippen molar-refractivity contribution >= 4 is 33.0 Å². The summed E-state index contributed by atoms with van der Waals surface area (Å²) in [6.07, 6.45) is 6.47. The average molecular weight is 317 g/mol. The van der Waals surface area contributed by atoms with Crippen LogP contribution in [0.5, 0.6) is 0 Å². The maximum Gasteiger partial charge on any atom is 0.259 e. The first-order valence-corrected chi connectivity index (χ1v) is 6.37. The van der Waals surface area contributed by atoms with Crippen LogP contribution in [0.3, 0.4) is 0 Å². The van der Waals surface area contributed by atoms with Crippen LogP contribution in [0.1, 0.15) is 10.4 Å². The van der Waals surface area contributed by atoms with Gasteiger partial charge in [-0.15, -0.1) is 0 Å². The molecule has 0 aliphatic carbocycles. The molecule has 0 unspecified atom stereocenters. The van der Waals surface area contributed by atoms with Crippen molar-refractivity contribution in [2.45, 2.75) is 0 Å². The van der Waals surface area contributed by atoms with E-state index < -0.39 is 0 Å². The molecule has 2 aromatic heterocycles. The lowest BCUT2D eigenvalue weighted by Gasteiger charge is -2.03. The van der Waals surface area contributed by atoms with E-state index in [9.17, 15) is 4.79 Å². The molecule has 1 aromatic carbocycles. The molecule has 2 heterocycles. The molecule has 1 amide bonds. The summed E-state index contributed by atoms with van der Waals surface area (Å²) in [7, 11) is 0. The lowest BCUT2D eigenvalue weighted by Crippen LogP contribution is -2.11. The molecule has 0 aliphatic rings. The van der Waals surface area contributed by atoms with Crippen LogP contribution in [0.2, 0.25) is 0 Å². The fraction of sp³-hybridized carbons (Fsp3) is 0. The molecular weight excluding hydrogens is 308 g/mol. The van der Waals surface area contributed by atoms with E-state index in [1.54, 1.807) is 23.1 Å². The Morgan fingerprint density at radius 2 is 2.00 bits per heavy atom. The Bertz CT molecular complexity index is 736. The van der Waals surface area contributed by atoms with Gasteiger partial charge in [0.2, 0.25) is 0 Å². The molecule has 0 spiro atoms. The Labute approximate surface area is 117 Å². The highest BCUT2D eigenvalue weighted by Crippen LogP contribution is 2.16. The molecule has 0 fully saturated rings. The summed E-state index contributed by atoms with van der Waals surface area (Å²) in [5.41, 5.74) is 1.91. The maximum absolute atomic E-state index is 12.2. The Morgan fingerprint density at radius 1 is 1.21 bits per heavy atom. The first kappa shape index (κ1) is 11.9. The molecule has 0 atom stereocenters.